The van der Waals surface area contributed by atoms with Gasteiger partial charge in [0, 0.05) is 18.9 Å². The SMILES string of the molecule is COC(=O)[C@@H]1C[C@@H]2CN1C(=O)[C@H](C(C)(C)C)CC(=O)O[C@@H]1C[C@@H]3C[C@@H]3[C@H]1CCCCC(F)(F)c1nc3ccc(OC(F)F)cc3nc1O2. The molecule has 2 aliphatic heterocycles. The van der Waals surface area contributed by atoms with Crippen LogP contribution in [0.4, 0.5) is 17.6 Å². The summed E-state index contributed by atoms with van der Waals surface area (Å²) >= 11 is 0. The van der Waals surface area contributed by atoms with Crippen molar-refractivity contribution >= 4 is 28.9 Å². The van der Waals surface area contributed by atoms with Crippen LogP contribution in [0.3, 0.4) is 0 Å². The maximum atomic E-state index is 16.0. The van der Waals surface area contributed by atoms with Crippen LogP contribution in [0, 0.1) is 29.1 Å². The third kappa shape index (κ3) is 7.03. The van der Waals surface area contributed by atoms with Gasteiger partial charge >= 0.3 is 18.6 Å². The molecule has 0 spiro atoms. The lowest BCUT2D eigenvalue weighted by molar-refractivity contribution is -0.160. The van der Waals surface area contributed by atoms with E-state index in [0.29, 0.717) is 24.7 Å². The zero-order valence-electron chi connectivity index (χ0n) is 27.4. The summed E-state index contributed by atoms with van der Waals surface area (Å²) < 4.78 is 79.4. The Morgan fingerprint density at radius 3 is 2.52 bits per heavy atom. The first-order valence-corrected chi connectivity index (χ1v) is 16.5. The maximum absolute atomic E-state index is 16.0. The molecule has 48 heavy (non-hydrogen) atoms. The molecule has 1 aromatic heterocycles. The van der Waals surface area contributed by atoms with Gasteiger partial charge in [-0.2, -0.15) is 17.6 Å². The van der Waals surface area contributed by atoms with Crippen LogP contribution in [0.1, 0.15) is 77.8 Å². The van der Waals surface area contributed by atoms with Crippen molar-refractivity contribution in [1.29, 1.82) is 0 Å². The number of nitrogens with zero attached hydrogens (tertiary/aromatic N) is 3. The Morgan fingerprint density at radius 1 is 1.04 bits per heavy atom. The molecule has 1 aromatic carbocycles. The molecule has 1 saturated heterocycles. The summed E-state index contributed by atoms with van der Waals surface area (Å²) in [6, 6.07) is 2.49. The van der Waals surface area contributed by atoms with E-state index in [4.69, 9.17) is 14.2 Å². The highest BCUT2D eigenvalue weighted by Crippen LogP contribution is 2.58. The minimum atomic E-state index is -3.49. The number of amides is 1. The number of rotatable bonds is 3. The zero-order chi connectivity index (χ0) is 34.5. The van der Waals surface area contributed by atoms with E-state index < -0.39 is 71.9 Å². The number of hydrogen-bond acceptors (Lipinski definition) is 9. The molecule has 7 atom stereocenters. The van der Waals surface area contributed by atoms with E-state index >= 15 is 8.78 Å². The fourth-order valence-corrected chi connectivity index (χ4v) is 7.70. The van der Waals surface area contributed by atoms with Crippen molar-refractivity contribution in [3.63, 3.8) is 0 Å². The Balaban J connectivity index is 1.39. The Bertz CT molecular complexity index is 1570. The van der Waals surface area contributed by atoms with E-state index in [0.717, 1.165) is 18.9 Å². The van der Waals surface area contributed by atoms with Crippen LogP contribution in [-0.4, -0.2) is 71.2 Å². The van der Waals surface area contributed by atoms with Crippen molar-refractivity contribution in [3.05, 3.63) is 23.9 Å². The molecule has 0 unspecified atom stereocenters. The van der Waals surface area contributed by atoms with Crippen LogP contribution in [0.2, 0.25) is 0 Å². The monoisotopic (exact) mass is 679 g/mol. The second-order valence-electron chi connectivity index (χ2n) is 14.6. The van der Waals surface area contributed by atoms with E-state index in [1.807, 2.05) is 20.8 Å². The minimum Gasteiger partial charge on any atom is -0.471 e. The van der Waals surface area contributed by atoms with Gasteiger partial charge in [0.2, 0.25) is 11.8 Å². The highest BCUT2D eigenvalue weighted by atomic mass is 19.3. The molecule has 3 fully saturated rings. The molecule has 2 bridgehead atoms. The Labute approximate surface area is 275 Å². The predicted octanol–water partition coefficient (Wildman–Crippen LogP) is 6.04. The predicted molar refractivity (Wildman–Crippen MR) is 162 cm³/mol. The van der Waals surface area contributed by atoms with Gasteiger partial charge in [0.05, 0.1) is 37.0 Å². The molecule has 2 aromatic rings. The molecule has 14 heteroatoms. The van der Waals surface area contributed by atoms with E-state index in [-0.39, 0.29) is 54.6 Å². The highest BCUT2D eigenvalue weighted by Gasteiger charge is 2.55. The molecule has 1 amide bonds. The quantitative estimate of drug-likeness (QED) is 0.283. The van der Waals surface area contributed by atoms with Gasteiger partial charge in [-0.1, -0.05) is 27.2 Å². The number of hydrogen-bond donors (Lipinski definition) is 0. The number of aromatic nitrogens is 2. The molecule has 6 rings (SSSR count). The number of ether oxygens (including phenoxy) is 4. The topological polar surface area (TPSA) is 117 Å². The Hall–Kier alpha value is -3.71. The summed E-state index contributed by atoms with van der Waals surface area (Å²) in [7, 11) is 1.17. The van der Waals surface area contributed by atoms with Gasteiger partial charge in [-0.3, -0.25) is 9.59 Å². The van der Waals surface area contributed by atoms with Crippen molar-refractivity contribution in [1.82, 2.24) is 14.9 Å². The number of alkyl halides is 4. The average Bonchev–Trinajstić information content (AvgIpc) is 3.50. The van der Waals surface area contributed by atoms with Crippen molar-refractivity contribution in [2.24, 2.45) is 29.1 Å². The molecule has 0 N–H and O–H groups in total. The van der Waals surface area contributed by atoms with Crippen molar-refractivity contribution in [2.75, 3.05) is 13.7 Å². The lowest BCUT2D eigenvalue weighted by Gasteiger charge is -2.34. The lowest BCUT2D eigenvalue weighted by atomic mass is 9.77. The zero-order valence-corrected chi connectivity index (χ0v) is 27.4. The van der Waals surface area contributed by atoms with Gasteiger partial charge in [0.1, 0.15) is 24.0 Å². The van der Waals surface area contributed by atoms with E-state index in [1.54, 1.807) is 0 Å². The third-order valence-electron chi connectivity index (χ3n) is 10.3. The Morgan fingerprint density at radius 2 is 1.81 bits per heavy atom. The number of carbonyl (C=O) groups is 3. The first-order chi connectivity index (χ1) is 22.6. The minimum absolute atomic E-state index is 0.0159. The normalized spacial score (nSPS) is 30.8. The molecule has 262 valence electrons. The van der Waals surface area contributed by atoms with Crippen LogP contribution in [0.15, 0.2) is 18.2 Å². The van der Waals surface area contributed by atoms with Gasteiger partial charge in [-0.15, -0.1) is 0 Å². The van der Waals surface area contributed by atoms with Crippen molar-refractivity contribution in [2.45, 2.75) is 103 Å². The number of esters is 2. The van der Waals surface area contributed by atoms with Gasteiger partial charge in [-0.05, 0) is 61.0 Å². The summed E-state index contributed by atoms with van der Waals surface area (Å²) in [5, 5.41) is 0. The molecule has 2 aliphatic carbocycles. The first kappa shape index (κ1) is 34.2. The summed E-state index contributed by atoms with van der Waals surface area (Å²) in [6.45, 7) is 2.17. The largest absolute Gasteiger partial charge is 0.471 e. The van der Waals surface area contributed by atoms with Crippen molar-refractivity contribution < 1.29 is 50.9 Å². The van der Waals surface area contributed by atoms with Gasteiger partial charge in [0.15, 0.2) is 5.69 Å². The second-order valence-corrected chi connectivity index (χ2v) is 14.6. The second kappa shape index (κ2) is 13.0. The third-order valence-corrected chi connectivity index (χ3v) is 10.3. The molecule has 0 radical (unpaired) electrons. The number of benzene rings is 1. The van der Waals surface area contributed by atoms with Gasteiger partial charge in [-0.25, -0.2) is 14.8 Å². The lowest BCUT2D eigenvalue weighted by Crippen LogP contribution is -2.48. The molecule has 10 nitrogen and oxygen atoms in total. The molecular formula is C34H41F4N3O7. The van der Waals surface area contributed by atoms with Crippen LogP contribution in [-0.2, 0) is 29.8 Å². The molecule has 4 aliphatic rings. The molecular weight excluding hydrogens is 638 g/mol. The van der Waals surface area contributed by atoms with E-state index in [1.165, 1.54) is 24.1 Å². The fourth-order valence-electron chi connectivity index (χ4n) is 7.70. The van der Waals surface area contributed by atoms with E-state index in [2.05, 4.69) is 14.7 Å². The van der Waals surface area contributed by atoms with Crippen LogP contribution < -0.4 is 9.47 Å². The van der Waals surface area contributed by atoms with Gasteiger partial charge in [0.25, 0.3) is 5.92 Å². The summed E-state index contributed by atoms with van der Waals surface area (Å²) in [5.41, 5.74) is -1.41. The number of fused-ring (bicyclic) bond motifs is 7. The van der Waals surface area contributed by atoms with Crippen molar-refractivity contribution in [3.8, 4) is 11.6 Å². The average molecular weight is 680 g/mol. The van der Waals surface area contributed by atoms with E-state index in [9.17, 15) is 23.2 Å². The summed E-state index contributed by atoms with van der Waals surface area (Å²) in [6.07, 6.45) is 0.827. The van der Waals surface area contributed by atoms with Crippen LogP contribution >= 0.6 is 0 Å². The number of methoxy groups -OCH3 is 1. The Kier molecular flexibility index (Phi) is 9.22. The molecule has 2 saturated carbocycles. The molecule has 3 heterocycles. The highest BCUT2D eigenvalue weighted by molar-refractivity contribution is 5.89. The fraction of sp³-hybridized carbons (Fsp3) is 0.676. The number of carbonyl (C=O) groups excluding carboxylic acids is 3. The standard InChI is InChI=1S/C34H41F4N3O7/c1-33(2,3)22-15-27(42)48-26-12-17-11-21(17)20(26)7-5-6-10-34(37,38)28-29(40-24-13-18(47-32(35)36)8-9-23(24)39-28)46-19-14-25(31(44)45-4)41(16-19)30(22)43/h8-9,13,17,19-22,25-26,32H,5-7,10-12,14-16H2,1-4H3/t17-,19+,20+,21-,22+,25-,26+/m0/s1. The smallest absolute Gasteiger partial charge is 0.387 e. The number of halogens is 4. The van der Waals surface area contributed by atoms with Crippen LogP contribution in [0.5, 0.6) is 11.6 Å². The summed E-state index contributed by atoms with van der Waals surface area (Å²) in [5.74, 6) is -5.94. The summed E-state index contributed by atoms with van der Waals surface area (Å²) in [4.78, 5) is 50.3. The first-order valence-electron chi connectivity index (χ1n) is 16.5. The maximum Gasteiger partial charge on any atom is 0.387 e. The van der Waals surface area contributed by atoms with Crippen LogP contribution in [0.25, 0.3) is 11.0 Å². The van der Waals surface area contributed by atoms with Gasteiger partial charge < -0.3 is 23.8 Å².